The van der Waals surface area contributed by atoms with Crippen LogP contribution in [0.15, 0.2) is 18.2 Å². The third-order valence-corrected chi connectivity index (χ3v) is 4.05. The van der Waals surface area contributed by atoms with Crippen LogP contribution in [0, 0.1) is 5.92 Å². The summed E-state index contributed by atoms with van der Waals surface area (Å²) in [5, 5.41) is 32.8. The third kappa shape index (κ3) is 3.39. The molecule has 1 saturated carbocycles. The average Bonchev–Trinajstić information content (AvgIpc) is 2.37. The van der Waals surface area contributed by atoms with E-state index in [2.05, 4.69) is 5.32 Å². The van der Waals surface area contributed by atoms with Crippen molar-refractivity contribution >= 4 is 0 Å². The molecule has 0 amide bonds. The first-order valence-electron chi connectivity index (χ1n) is 7.02. The van der Waals surface area contributed by atoms with Gasteiger partial charge in [0.05, 0.1) is 11.7 Å². The van der Waals surface area contributed by atoms with Gasteiger partial charge >= 0.3 is 0 Å². The number of benzene rings is 1. The van der Waals surface area contributed by atoms with Crippen molar-refractivity contribution in [2.24, 2.45) is 5.92 Å². The molecule has 4 heteroatoms. The van der Waals surface area contributed by atoms with Crippen molar-refractivity contribution < 1.29 is 15.3 Å². The van der Waals surface area contributed by atoms with Crippen LogP contribution in [0.3, 0.4) is 0 Å². The number of aliphatic hydroxyl groups excluding tert-OH is 1. The molecule has 2 rings (SSSR count). The molecule has 3 atom stereocenters. The number of rotatable bonds is 4. The number of hydrogen-bond donors (Lipinski definition) is 4. The second-order valence-corrected chi connectivity index (χ2v) is 5.45. The van der Waals surface area contributed by atoms with Crippen LogP contribution in [0.2, 0.25) is 0 Å². The van der Waals surface area contributed by atoms with Crippen molar-refractivity contribution in [1.82, 2.24) is 5.32 Å². The van der Waals surface area contributed by atoms with Crippen molar-refractivity contribution in [1.29, 1.82) is 0 Å². The van der Waals surface area contributed by atoms with E-state index in [-0.39, 0.29) is 29.6 Å². The smallest absolute Gasteiger partial charge is 0.124 e. The summed E-state index contributed by atoms with van der Waals surface area (Å²) in [5.41, 5.74) is 0.521. The zero-order valence-corrected chi connectivity index (χ0v) is 11.3. The van der Waals surface area contributed by atoms with Gasteiger partial charge in [0.2, 0.25) is 0 Å². The molecule has 0 aromatic heterocycles. The Morgan fingerprint density at radius 2 is 1.84 bits per heavy atom. The van der Waals surface area contributed by atoms with E-state index < -0.39 is 0 Å². The Bertz CT molecular complexity index is 402. The lowest BCUT2D eigenvalue weighted by Crippen LogP contribution is -2.34. The molecule has 1 aliphatic rings. The van der Waals surface area contributed by atoms with E-state index in [0.29, 0.717) is 12.1 Å². The fourth-order valence-corrected chi connectivity index (χ4v) is 2.84. The Hall–Kier alpha value is -1.26. The maximum atomic E-state index is 9.92. The van der Waals surface area contributed by atoms with Crippen LogP contribution < -0.4 is 5.32 Å². The lowest BCUT2D eigenvalue weighted by Gasteiger charge is -2.29. The summed E-state index contributed by atoms with van der Waals surface area (Å²) in [6, 6.07) is 4.62. The van der Waals surface area contributed by atoms with Crippen LogP contribution in [-0.4, -0.2) is 28.0 Å². The number of hydrogen-bond acceptors (Lipinski definition) is 4. The van der Waals surface area contributed by atoms with Crippen molar-refractivity contribution in [3.8, 4) is 11.5 Å². The molecule has 0 saturated heterocycles. The summed E-state index contributed by atoms with van der Waals surface area (Å²) in [7, 11) is 0. The highest BCUT2D eigenvalue weighted by Gasteiger charge is 2.24. The van der Waals surface area contributed by atoms with E-state index in [9.17, 15) is 15.3 Å². The minimum absolute atomic E-state index is 0.101. The molecule has 4 N–H and O–H groups in total. The van der Waals surface area contributed by atoms with Gasteiger partial charge in [0.25, 0.3) is 0 Å². The predicted octanol–water partition coefficient (Wildman–Crippen LogP) is 2.30. The highest BCUT2D eigenvalue weighted by Crippen LogP contribution is 2.32. The molecule has 0 bridgehead atoms. The summed E-state index contributed by atoms with van der Waals surface area (Å²) >= 11 is 0. The third-order valence-electron chi connectivity index (χ3n) is 4.05. The largest absolute Gasteiger partial charge is 0.507 e. The number of phenols is 2. The average molecular weight is 265 g/mol. The second-order valence-electron chi connectivity index (χ2n) is 5.45. The molecule has 1 aromatic rings. The van der Waals surface area contributed by atoms with Crippen molar-refractivity contribution in [3.05, 3.63) is 23.8 Å². The molecule has 1 aromatic carbocycles. The van der Waals surface area contributed by atoms with Gasteiger partial charge in [-0.3, -0.25) is 0 Å². The molecular weight excluding hydrogens is 242 g/mol. The van der Waals surface area contributed by atoms with E-state index in [1.54, 1.807) is 18.2 Å². The van der Waals surface area contributed by atoms with Crippen LogP contribution >= 0.6 is 0 Å². The normalized spacial score (nSPS) is 25.2. The molecule has 0 heterocycles. The van der Waals surface area contributed by atoms with E-state index in [4.69, 9.17) is 0 Å². The maximum Gasteiger partial charge on any atom is 0.124 e. The lowest BCUT2D eigenvalue weighted by molar-refractivity contribution is 0.0683. The first kappa shape index (κ1) is 14.2. The molecule has 3 unspecified atom stereocenters. The Morgan fingerprint density at radius 3 is 2.47 bits per heavy atom. The summed E-state index contributed by atoms with van der Waals surface area (Å²) in [6.45, 7) is 2.61. The zero-order chi connectivity index (χ0) is 13.8. The predicted molar refractivity (Wildman–Crippen MR) is 74.2 cm³/mol. The highest BCUT2D eigenvalue weighted by molar-refractivity contribution is 5.44. The van der Waals surface area contributed by atoms with Gasteiger partial charge in [-0.25, -0.2) is 0 Å². The van der Waals surface area contributed by atoms with Gasteiger partial charge in [-0.1, -0.05) is 18.9 Å². The fourth-order valence-electron chi connectivity index (χ4n) is 2.84. The first-order valence-corrected chi connectivity index (χ1v) is 7.02. The highest BCUT2D eigenvalue weighted by atomic mass is 16.3. The summed E-state index contributed by atoms with van der Waals surface area (Å²) in [5.74, 6) is 0.470. The van der Waals surface area contributed by atoms with Crippen LogP contribution in [0.25, 0.3) is 0 Å². The van der Waals surface area contributed by atoms with E-state index in [0.717, 1.165) is 19.3 Å². The number of aromatic hydroxyl groups is 2. The molecule has 4 nitrogen and oxygen atoms in total. The summed E-state index contributed by atoms with van der Waals surface area (Å²) < 4.78 is 0. The Kier molecular flexibility index (Phi) is 4.66. The van der Waals surface area contributed by atoms with Crippen molar-refractivity contribution in [2.75, 3.05) is 6.54 Å². The van der Waals surface area contributed by atoms with E-state index in [1.807, 2.05) is 6.92 Å². The summed E-state index contributed by atoms with van der Waals surface area (Å²) in [6.07, 6.45) is 3.95. The lowest BCUT2D eigenvalue weighted by atomic mass is 9.86. The molecule has 0 spiro atoms. The number of nitrogens with one attached hydrogen (secondary N) is 1. The van der Waals surface area contributed by atoms with Crippen LogP contribution in [-0.2, 0) is 0 Å². The molecule has 1 fully saturated rings. The molecular formula is C15H23NO3. The Labute approximate surface area is 114 Å². The Balaban J connectivity index is 1.95. The van der Waals surface area contributed by atoms with Gasteiger partial charge in [-0.05, 0) is 37.8 Å². The van der Waals surface area contributed by atoms with Crippen molar-refractivity contribution in [3.63, 3.8) is 0 Å². The standard InChI is InChI=1S/C15H23NO3/c1-10(15-13(18)7-4-8-14(15)19)16-9-11-5-2-3-6-12(11)17/h4,7-8,10-12,16-19H,2-3,5-6,9H2,1H3. The minimum atomic E-state index is -0.230. The number of aliphatic hydroxyl groups is 1. The molecule has 19 heavy (non-hydrogen) atoms. The molecule has 0 aliphatic heterocycles. The quantitative estimate of drug-likeness (QED) is 0.674. The number of phenolic OH excluding ortho intramolecular Hbond substituents is 2. The monoisotopic (exact) mass is 265 g/mol. The second kappa shape index (κ2) is 6.26. The first-order chi connectivity index (χ1) is 9.09. The van der Waals surface area contributed by atoms with E-state index in [1.165, 1.54) is 6.42 Å². The van der Waals surface area contributed by atoms with Gasteiger partial charge in [0.1, 0.15) is 11.5 Å². The van der Waals surface area contributed by atoms with Gasteiger partial charge < -0.3 is 20.6 Å². The maximum absolute atomic E-state index is 9.92. The molecule has 1 aliphatic carbocycles. The van der Waals surface area contributed by atoms with Crippen molar-refractivity contribution in [2.45, 2.75) is 44.8 Å². The topological polar surface area (TPSA) is 72.7 Å². The molecule has 106 valence electrons. The van der Waals surface area contributed by atoms with Gasteiger partial charge in [0, 0.05) is 12.6 Å². The fraction of sp³-hybridized carbons (Fsp3) is 0.600. The van der Waals surface area contributed by atoms with Gasteiger partial charge in [-0.2, -0.15) is 0 Å². The van der Waals surface area contributed by atoms with E-state index >= 15 is 0 Å². The minimum Gasteiger partial charge on any atom is -0.507 e. The summed E-state index contributed by atoms with van der Waals surface area (Å²) in [4.78, 5) is 0. The van der Waals surface area contributed by atoms with Crippen LogP contribution in [0.1, 0.15) is 44.2 Å². The Morgan fingerprint density at radius 1 is 1.21 bits per heavy atom. The SMILES string of the molecule is CC(NCC1CCCCC1O)c1c(O)cccc1O. The van der Waals surface area contributed by atoms with Crippen LogP contribution in [0.5, 0.6) is 11.5 Å². The van der Waals surface area contributed by atoms with Gasteiger partial charge in [0.15, 0.2) is 0 Å². The van der Waals surface area contributed by atoms with Gasteiger partial charge in [-0.15, -0.1) is 0 Å². The molecule has 0 radical (unpaired) electrons. The zero-order valence-electron chi connectivity index (χ0n) is 11.3. The van der Waals surface area contributed by atoms with Crippen LogP contribution in [0.4, 0.5) is 0 Å².